The second-order valence-electron chi connectivity index (χ2n) is 6.81. The van der Waals surface area contributed by atoms with E-state index < -0.39 is 0 Å². The SMILES string of the molecule is CCNC(c1cccc(OC)c1)C1CCC(C)(C)CC1. The molecular weight excluding hydrogens is 246 g/mol. The van der Waals surface area contributed by atoms with E-state index in [-0.39, 0.29) is 0 Å². The maximum atomic E-state index is 5.38. The topological polar surface area (TPSA) is 21.3 Å². The monoisotopic (exact) mass is 275 g/mol. The summed E-state index contributed by atoms with van der Waals surface area (Å²) < 4.78 is 5.38. The van der Waals surface area contributed by atoms with E-state index in [4.69, 9.17) is 4.74 Å². The van der Waals surface area contributed by atoms with Crippen molar-refractivity contribution < 1.29 is 4.74 Å². The van der Waals surface area contributed by atoms with Gasteiger partial charge in [0, 0.05) is 6.04 Å². The highest BCUT2D eigenvalue weighted by atomic mass is 16.5. The van der Waals surface area contributed by atoms with E-state index in [0.29, 0.717) is 11.5 Å². The first-order chi connectivity index (χ1) is 9.55. The van der Waals surface area contributed by atoms with Crippen LogP contribution in [0.25, 0.3) is 0 Å². The van der Waals surface area contributed by atoms with Crippen LogP contribution in [-0.4, -0.2) is 13.7 Å². The summed E-state index contributed by atoms with van der Waals surface area (Å²) in [6.07, 6.45) is 5.32. The van der Waals surface area contributed by atoms with Gasteiger partial charge in [-0.05, 0) is 61.3 Å². The zero-order chi connectivity index (χ0) is 14.6. The molecule has 1 aliphatic rings. The van der Waals surface area contributed by atoms with Gasteiger partial charge in [-0.3, -0.25) is 0 Å². The van der Waals surface area contributed by atoms with Crippen molar-refractivity contribution in [2.24, 2.45) is 11.3 Å². The molecular formula is C18H29NO. The molecule has 112 valence electrons. The third kappa shape index (κ3) is 3.76. The van der Waals surface area contributed by atoms with E-state index in [2.05, 4.69) is 44.3 Å². The lowest BCUT2D eigenvalue weighted by Crippen LogP contribution is -2.32. The smallest absolute Gasteiger partial charge is 0.119 e. The Bertz CT molecular complexity index is 417. The average Bonchev–Trinajstić information content (AvgIpc) is 2.45. The van der Waals surface area contributed by atoms with Crippen LogP contribution in [0.15, 0.2) is 24.3 Å². The summed E-state index contributed by atoms with van der Waals surface area (Å²) in [5, 5.41) is 3.69. The second-order valence-corrected chi connectivity index (χ2v) is 6.81. The van der Waals surface area contributed by atoms with Gasteiger partial charge in [0.2, 0.25) is 0 Å². The van der Waals surface area contributed by atoms with E-state index in [1.54, 1.807) is 7.11 Å². The molecule has 20 heavy (non-hydrogen) atoms. The van der Waals surface area contributed by atoms with E-state index in [9.17, 15) is 0 Å². The Morgan fingerprint density at radius 2 is 2.00 bits per heavy atom. The molecule has 1 N–H and O–H groups in total. The molecule has 1 aliphatic carbocycles. The van der Waals surface area contributed by atoms with Gasteiger partial charge < -0.3 is 10.1 Å². The maximum Gasteiger partial charge on any atom is 0.119 e. The minimum absolute atomic E-state index is 0.464. The lowest BCUT2D eigenvalue weighted by atomic mass is 9.70. The quantitative estimate of drug-likeness (QED) is 0.850. The first kappa shape index (κ1) is 15.4. The van der Waals surface area contributed by atoms with Gasteiger partial charge in [-0.1, -0.05) is 32.9 Å². The van der Waals surface area contributed by atoms with Gasteiger partial charge >= 0.3 is 0 Å². The van der Waals surface area contributed by atoms with Gasteiger partial charge in [0.1, 0.15) is 5.75 Å². The van der Waals surface area contributed by atoms with Crippen LogP contribution < -0.4 is 10.1 Å². The Kier molecular flexibility index (Phi) is 5.09. The molecule has 0 saturated heterocycles. The standard InChI is InChI=1S/C18H29NO/c1-5-19-17(14-9-11-18(2,3)12-10-14)15-7-6-8-16(13-15)20-4/h6-8,13-14,17,19H,5,9-12H2,1-4H3. The van der Waals surface area contributed by atoms with Crippen molar-refractivity contribution in [3.63, 3.8) is 0 Å². The maximum absolute atomic E-state index is 5.38. The van der Waals surface area contributed by atoms with E-state index in [1.165, 1.54) is 31.2 Å². The predicted molar refractivity (Wildman–Crippen MR) is 85.2 cm³/mol. The van der Waals surface area contributed by atoms with Crippen molar-refractivity contribution >= 4 is 0 Å². The normalized spacial score (nSPS) is 20.6. The molecule has 0 radical (unpaired) electrons. The largest absolute Gasteiger partial charge is 0.497 e. The highest BCUT2D eigenvalue weighted by Gasteiger charge is 2.31. The molecule has 1 fully saturated rings. The summed E-state index contributed by atoms with van der Waals surface area (Å²) in [4.78, 5) is 0. The number of hydrogen-bond donors (Lipinski definition) is 1. The van der Waals surface area contributed by atoms with Crippen LogP contribution in [0.2, 0.25) is 0 Å². The van der Waals surface area contributed by atoms with Crippen molar-refractivity contribution in [2.45, 2.75) is 52.5 Å². The minimum Gasteiger partial charge on any atom is -0.497 e. The van der Waals surface area contributed by atoms with Gasteiger partial charge in [0.25, 0.3) is 0 Å². The molecule has 1 saturated carbocycles. The molecule has 0 bridgehead atoms. The molecule has 0 aliphatic heterocycles. The minimum atomic E-state index is 0.464. The van der Waals surface area contributed by atoms with E-state index >= 15 is 0 Å². The summed E-state index contributed by atoms with van der Waals surface area (Å²) in [6.45, 7) is 8.01. The number of ether oxygens (including phenoxy) is 1. The van der Waals surface area contributed by atoms with Crippen molar-refractivity contribution in [3.05, 3.63) is 29.8 Å². The fourth-order valence-electron chi connectivity index (χ4n) is 3.37. The Morgan fingerprint density at radius 3 is 2.60 bits per heavy atom. The Balaban J connectivity index is 2.14. The van der Waals surface area contributed by atoms with Gasteiger partial charge in [-0.2, -0.15) is 0 Å². The van der Waals surface area contributed by atoms with Crippen molar-refractivity contribution in [1.29, 1.82) is 0 Å². The molecule has 2 heteroatoms. The van der Waals surface area contributed by atoms with Crippen molar-refractivity contribution in [1.82, 2.24) is 5.32 Å². The van der Waals surface area contributed by atoms with Crippen molar-refractivity contribution in [3.8, 4) is 5.75 Å². The zero-order valence-corrected chi connectivity index (χ0v) is 13.4. The summed E-state index contributed by atoms with van der Waals surface area (Å²) in [6, 6.07) is 9.01. The summed E-state index contributed by atoms with van der Waals surface area (Å²) in [5.74, 6) is 1.71. The molecule has 1 unspecified atom stereocenters. The lowest BCUT2D eigenvalue weighted by molar-refractivity contribution is 0.162. The third-order valence-corrected chi connectivity index (χ3v) is 4.73. The number of methoxy groups -OCH3 is 1. The molecule has 0 aromatic heterocycles. The molecule has 0 spiro atoms. The van der Waals surface area contributed by atoms with Crippen LogP contribution in [0.1, 0.15) is 58.1 Å². The van der Waals surface area contributed by atoms with Gasteiger partial charge in [-0.25, -0.2) is 0 Å². The highest BCUT2D eigenvalue weighted by molar-refractivity contribution is 5.31. The van der Waals surface area contributed by atoms with Crippen LogP contribution >= 0.6 is 0 Å². The Hall–Kier alpha value is -1.02. The van der Waals surface area contributed by atoms with Gasteiger partial charge in [0.05, 0.1) is 7.11 Å². The summed E-state index contributed by atoms with van der Waals surface area (Å²) in [7, 11) is 1.74. The molecule has 0 heterocycles. The van der Waals surface area contributed by atoms with Crippen LogP contribution in [0.3, 0.4) is 0 Å². The molecule has 2 rings (SSSR count). The Morgan fingerprint density at radius 1 is 1.30 bits per heavy atom. The van der Waals surface area contributed by atoms with E-state index in [0.717, 1.165) is 18.2 Å². The molecule has 1 atom stereocenters. The predicted octanol–water partition coefficient (Wildman–Crippen LogP) is 4.56. The summed E-state index contributed by atoms with van der Waals surface area (Å²) >= 11 is 0. The molecule has 0 amide bonds. The highest BCUT2D eigenvalue weighted by Crippen LogP contribution is 2.43. The van der Waals surface area contributed by atoms with Crippen LogP contribution in [-0.2, 0) is 0 Å². The lowest BCUT2D eigenvalue weighted by Gasteiger charge is -2.38. The number of nitrogens with one attached hydrogen (secondary N) is 1. The van der Waals surface area contributed by atoms with Crippen LogP contribution in [0.4, 0.5) is 0 Å². The van der Waals surface area contributed by atoms with Crippen LogP contribution in [0.5, 0.6) is 5.75 Å². The fraction of sp³-hybridized carbons (Fsp3) is 0.667. The van der Waals surface area contributed by atoms with Gasteiger partial charge in [0.15, 0.2) is 0 Å². The van der Waals surface area contributed by atoms with Crippen molar-refractivity contribution in [2.75, 3.05) is 13.7 Å². The average molecular weight is 275 g/mol. The van der Waals surface area contributed by atoms with Gasteiger partial charge in [-0.15, -0.1) is 0 Å². The first-order valence-electron chi connectivity index (χ1n) is 7.93. The fourth-order valence-corrected chi connectivity index (χ4v) is 3.37. The summed E-state index contributed by atoms with van der Waals surface area (Å²) in [5.41, 5.74) is 1.90. The molecule has 2 nitrogen and oxygen atoms in total. The van der Waals surface area contributed by atoms with E-state index in [1.807, 2.05) is 6.07 Å². The number of benzene rings is 1. The first-order valence-corrected chi connectivity index (χ1v) is 7.93. The Labute approximate surface area is 123 Å². The molecule has 1 aromatic rings. The second kappa shape index (κ2) is 6.62. The number of rotatable bonds is 5. The van der Waals surface area contributed by atoms with Crippen LogP contribution in [0, 0.1) is 11.3 Å². The third-order valence-electron chi connectivity index (χ3n) is 4.73. The zero-order valence-electron chi connectivity index (χ0n) is 13.4. The number of hydrogen-bond acceptors (Lipinski definition) is 2. The molecule has 1 aromatic carbocycles.